The van der Waals surface area contributed by atoms with Crippen LogP contribution in [-0.2, 0) is 17.9 Å². The lowest BCUT2D eigenvalue weighted by Crippen LogP contribution is -2.07. The zero-order valence-corrected chi connectivity index (χ0v) is 8.73. The van der Waals surface area contributed by atoms with Gasteiger partial charge in [0.2, 0.25) is 0 Å². The fraction of sp³-hybridized carbons (Fsp3) is 0.556. The van der Waals surface area contributed by atoms with E-state index in [-0.39, 0.29) is 0 Å². The summed E-state index contributed by atoms with van der Waals surface area (Å²) in [6.07, 6.45) is 1.73. The predicted octanol–water partition coefficient (Wildman–Crippen LogP) is 0.911. The third kappa shape index (κ3) is 3.57. The second-order valence-electron chi connectivity index (χ2n) is 3.14. The van der Waals surface area contributed by atoms with E-state index in [0.29, 0.717) is 13.2 Å². The molecule has 0 amide bonds. The van der Waals surface area contributed by atoms with Crippen LogP contribution in [0.5, 0.6) is 0 Å². The Kier molecular flexibility index (Phi) is 4.12. The molecule has 0 aromatic carbocycles. The Morgan fingerprint density at radius 1 is 1.64 bits per heavy atom. The molecule has 0 bridgehead atoms. The Balaban J connectivity index is 2.43. The van der Waals surface area contributed by atoms with Gasteiger partial charge in [-0.2, -0.15) is 0 Å². The first-order chi connectivity index (χ1) is 6.72. The van der Waals surface area contributed by atoms with Crippen molar-refractivity contribution in [2.45, 2.75) is 13.2 Å². The maximum absolute atomic E-state index is 5.04. The molecule has 0 unspecified atom stereocenters. The van der Waals surface area contributed by atoms with Gasteiger partial charge in [-0.3, -0.25) is 4.99 Å². The first kappa shape index (κ1) is 10.7. The molecule has 0 aliphatic heterocycles. The molecular weight excluding hydrogens is 182 g/mol. The van der Waals surface area contributed by atoms with Gasteiger partial charge in [0, 0.05) is 27.3 Å². The van der Waals surface area contributed by atoms with Gasteiger partial charge in [0.1, 0.15) is 12.2 Å². The van der Waals surface area contributed by atoms with Crippen LogP contribution in [-0.4, -0.2) is 37.6 Å². The van der Waals surface area contributed by atoms with Crippen LogP contribution in [0.4, 0.5) is 0 Å². The van der Waals surface area contributed by atoms with Gasteiger partial charge >= 0.3 is 0 Å². The maximum Gasteiger partial charge on any atom is 0.158 e. The highest BCUT2D eigenvalue weighted by atomic mass is 16.5. The van der Waals surface area contributed by atoms with Crippen molar-refractivity contribution in [1.82, 2.24) is 10.1 Å². The molecule has 0 saturated heterocycles. The maximum atomic E-state index is 5.04. The molecule has 78 valence electrons. The second kappa shape index (κ2) is 5.39. The standard InChI is InChI=1S/C9H15N3O2/c1-12(2)7-10-5-9-4-8(6-13-3)11-14-9/h4,7H,5-6H2,1-3H3. The normalized spacial score (nSPS) is 11.1. The Morgan fingerprint density at radius 3 is 3.07 bits per heavy atom. The molecule has 0 aliphatic carbocycles. The summed E-state index contributed by atoms with van der Waals surface area (Å²) in [4.78, 5) is 6.01. The lowest BCUT2D eigenvalue weighted by molar-refractivity contribution is 0.177. The summed E-state index contributed by atoms with van der Waals surface area (Å²) in [5.74, 6) is 0.746. The smallest absolute Gasteiger partial charge is 0.158 e. The summed E-state index contributed by atoms with van der Waals surface area (Å²) >= 11 is 0. The van der Waals surface area contributed by atoms with Crippen molar-refractivity contribution < 1.29 is 9.26 Å². The molecule has 1 heterocycles. The molecule has 0 radical (unpaired) electrons. The van der Waals surface area contributed by atoms with Crippen molar-refractivity contribution in [3.05, 3.63) is 17.5 Å². The SMILES string of the molecule is COCc1cc(CN=CN(C)C)on1. The molecule has 5 heteroatoms. The minimum atomic E-state index is 0.473. The van der Waals surface area contributed by atoms with Crippen LogP contribution in [0.15, 0.2) is 15.6 Å². The van der Waals surface area contributed by atoms with E-state index in [2.05, 4.69) is 10.1 Å². The van der Waals surface area contributed by atoms with Crippen molar-refractivity contribution in [1.29, 1.82) is 0 Å². The van der Waals surface area contributed by atoms with Gasteiger partial charge in [-0.15, -0.1) is 0 Å². The quantitative estimate of drug-likeness (QED) is 0.520. The fourth-order valence-electron chi connectivity index (χ4n) is 0.940. The van der Waals surface area contributed by atoms with Crippen LogP contribution < -0.4 is 0 Å². The Morgan fingerprint density at radius 2 is 2.43 bits per heavy atom. The van der Waals surface area contributed by atoms with E-state index in [0.717, 1.165) is 11.5 Å². The van der Waals surface area contributed by atoms with Crippen LogP contribution in [0.1, 0.15) is 11.5 Å². The minimum absolute atomic E-state index is 0.473. The summed E-state index contributed by atoms with van der Waals surface area (Å²) < 4.78 is 9.95. The first-order valence-corrected chi connectivity index (χ1v) is 4.32. The number of methoxy groups -OCH3 is 1. The van der Waals surface area contributed by atoms with Crippen molar-refractivity contribution in [3.8, 4) is 0 Å². The Labute approximate surface area is 83.4 Å². The molecule has 0 fully saturated rings. The second-order valence-corrected chi connectivity index (χ2v) is 3.14. The third-order valence-corrected chi connectivity index (χ3v) is 1.46. The average Bonchev–Trinajstić information content (AvgIpc) is 2.53. The van der Waals surface area contributed by atoms with E-state index in [4.69, 9.17) is 9.26 Å². The molecule has 1 aromatic heterocycles. The lowest BCUT2D eigenvalue weighted by Gasteiger charge is -2.00. The number of nitrogens with zero attached hydrogens (tertiary/aromatic N) is 3. The van der Waals surface area contributed by atoms with Gasteiger partial charge < -0.3 is 14.2 Å². The van der Waals surface area contributed by atoms with Crippen molar-refractivity contribution >= 4 is 6.34 Å². The fourth-order valence-corrected chi connectivity index (χ4v) is 0.940. The molecule has 0 spiro atoms. The molecule has 0 N–H and O–H groups in total. The number of ether oxygens (including phenoxy) is 1. The van der Waals surface area contributed by atoms with E-state index in [9.17, 15) is 0 Å². The highest BCUT2D eigenvalue weighted by Gasteiger charge is 2.01. The van der Waals surface area contributed by atoms with Gasteiger partial charge in [0.15, 0.2) is 5.76 Å². The Hall–Kier alpha value is -1.36. The van der Waals surface area contributed by atoms with Gasteiger partial charge in [0.25, 0.3) is 0 Å². The molecule has 0 aliphatic rings. The predicted molar refractivity (Wildman–Crippen MR) is 53.1 cm³/mol. The topological polar surface area (TPSA) is 50.9 Å². The van der Waals surface area contributed by atoms with Crippen molar-refractivity contribution in [2.75, 3.05) is 21.2 Å². The zero-order valence-electron chi connectivity index (χ0n) is 8.73. The molecule has 1 rings (SSSR count). The third-order valence-electron chi connectivity index (χ3n) is 1.46. The minimum Gasteiger partial charge on any atom is -0.378 e. The van der Waals surface area contributed by atoms with Crippen LogP contribution >= 0.6 is 0 Å². The van der Waals surface area contributed by atoms with Gasteiger partial charge in [0.05, 0.1) is 12.9 Å². The summed E-state index contributed by atoms with van der Waals surface area (Å²) in [7, 11) is 5.46. The summed E-state index contributed by atoms with van der Waals surface area (Å²) in [5.41, 5.74) is 0.794. The number of aliphatic imine (C=N–C) groups is 1. The van der Waals surface area contributed by atoms with Crippen LogP contribution in [0, 0.1) is 0 Å². The Bertz CT molecular complexity index is 294. The van der Waals surface area contributed by atoms with E-state index in [1.165, 1.54) is 0 Å². The average molecular weight is 197 g/mol. The zero-order chi connectivity index (χ0) is 10.4. The summed E-state index contributed by atoms with van der Waals surface area (Å²) in [5, 5.41) is 3.82. The molecule has 14 heavy (non-hydrogen) atoms. The van der Waals surface area contributed by atoms with Crippen LogP contribution in [0.25, 0.3) is 0 Å². The monoisotopic (exact) mass is 197 g/mol. The van der Waals surface area contributed by atoms with E-state index in [1.54, 1.807) is 13.4 Å². The highest BCUT2D eigenvalue weighted by molar-refractivity contribution is 5.53. The number of aromatic nitrogens is 1. The van der Waals surface area contributed by atoms with Gasteiger partial charge in [-0.05, 0) is 0 Å². The number of hydrogen-bond acceptors (Lipinski definition) is 4. The van der Waals surface area contributed by atoms with Gasteiger partial charge in [-0.1, -0.05) is 5.16 Å². The van der Waals surface area contributed by atoms with Crippen LogP contribution in [0.3, 0.4) is 0 Å². The molecule has 0 atom stereocenters. The van der Waals surface area contributed by atoms with Crippen LogP contribution in [0.2, 0.25) is 0 Å². The number of rotatable bonds is 5. The molecular formula is C9H15N3O2. The lowest BCUT2D eigenvalue weighted by atomic mass is 10.4. The van der Waals surface area contributed by atoms with E-state index >= 15 is 0 Å². The van der Waals surface area contributed by atoms with Gasteiger partial charge in [-0.25, -0.2) is 0 Å². The molecule has 1 aromatic rings. The highest BCUT2D eigenvalue weighted by Crippen LogP contribution is 2.05. The molecule has 0 saturated carbocycles. The van der Waals surface area contributed by atoms with E-state index < -0.39 is 0 Å². The molecule has 5 nitrogen and oxygen atoms in total. The summed E-state index contributed by atoms with van der Waals surface area (Å²) in [6.45, 7) is 0.982. The summed E-state index contributed by atoms with van der Waals surface area (Å²) in [6, 6.07) is 1.84. The number of hydrogen-bond donors (Lipinski definition) is 0. The van der Waals surface area contributed by atoms with Crippen molar-refractivity contribution in [3.63, 3.8) is 0 Å². The van der Waals surface area contributed by atoms with Crippen molar-refractivity contribution in [2.24, 2.45) is 4.99 Å². The first-order valence-electron chi connectivity index (χ1n) is 4.32. The largest absolute Gasteiger partial charge is 0.378 e. The van der Waals surface area contributed by atoms with E-state index in [1.807, 2.05) is 25.1 Å².